The van der Waals surface area contributed by atoms with Crippen molar-refractivity contribution in [3.63, 3.8) is 0 Å². The average Bonchev–Trinajstić information content (AvgIpc) is 2.95. The fourth-order valence-electron chi connectivity index (χ4n) is 4.11. The van der Waals surface area contributed by atoms with Gasteiger partial charge in [0.2, 0.25) is 26.0 Å². The van der Waals surface area contributed by atoms with Gasteiger partial charge in [-0.3, -0.25) is 4.79 Å². The molecule has 0 aromatic heterocycles. The maximum Gasteiger partial charge on any atom is 0.243 e. The number of benzene rings is 3. The second kappa shape index (κ2) is 13.0. The van der Waals surface area contributed by atoms with E-state index in [2.05, 4.69) is 5.32 Å². The van der Waals surface area contributed by atoms with Crippen LogP contribution >= 0.6 is 35.0 Å². The first-order chi connectivity index (χ1) is 18.6. The Bertz CT molecular complexity index is 1510. The second-order valence-electron chi connectivity index (χ2n) is 8.71. The summed E-state index contributed by atoms with van der Waals surface area (Å²) in [7, 11) is -7.97. The number of amides is 1. The highest BCUT2D eigenvalue weighted by Crippen LogP contribution is 2.26. The van der Waals surface area contributed by atoms with Crippen LogP contribution in [0.3, 0.4) is 0 Å². The fraction of sp³-hybridized carbons (Fsp3) is 0.269. The molecule has 8 nitrogen and oxygen atoms in total. The highest BCUT2D eigenvalue weighted by atomic mass is 35.5. The predicted molar refractivity (Wildman–Crippen MR) is 155 cm³/mol. The number of hydrogen-bond donors (Lipinski definition) is 1. The highest BCUT2D eigenvalue weighted by molar-refractivity contribution is 7.98. The molecule has 1 N–H and O–H groups in total. The molecular weight excluding hydrogens is 601 g/mol. The van der Waals surface area contributed by atoms with Gasteiger partial charge < -0.3 is 5.32 Å². The minimum absolute atomic E-state index is 0.0411. The molecule has 1 heterocycles. The summed E-state index contributed by atoms with van der Waals surface area (Å²) in [5, 5.41) is 3.73. The molecule has 0 saturated carbocycles. The van der Waals surface area contributed by atoms with Crippen LogP contribution in [-0.4, -0.2) is 69.3 Å². The minimum atomic E-state index is -4.05. The lowest BCUT2D eigenvalue weighted by Crippen LogP contribution is -2.61. The Balaban J connectivity index is 1.47. The summed E-state index contributed by atoms with van der Waals surface area (Å²) in [5.41, 5.74) is 0.981. The van der Waals surface area contributed by atoms with Crippen LogP contribution in [0.15, 0.2) is 88.7 Å². The first kappa shape index (κ1) is 29.9. The van der Waals surface area contributed by atoms with Gasteiger partial charge in [0.05, 0.1) is 19.8 Å². The van der Waals surface area contributed by atoms with E-state index in [1.807, 2.05) is 6.07 Å². The third kappa shape index (κ3) is 7.15. The van der Waals surface area contributed by atoms with Crippen LogP contribution in [0.4, 0.5) is 0 Å². The zero-order chi connectivity index (χ0) is 28.0. The van der Waals surface area contributed by atoms with Gasteiger partial charge in [-0.05, 0) is 42.0 Å². The smallest absolute Gasteiger partial charge is 0.243 e. The van der Waals surface area contributed by atoms with Crippen molar-refractivity contribution < 1.29 is 21.6 Å². The van der Waals surface area contributed by atoms with Gasteiger partial charge in [-0.2, -0.15) is 20.4 Å². The molecular formula is C26H27Cl2N3O5S3. The number of halogens is 2. The molecule has 13 heteroatoms. The lowest BCUT2D eigenvalue weighted by molar-refractivity contribution is -0.125. The van der Waals surface area contributed by atoms with Crippen molar-refractivity contribution >= 4 is 60.9 Å². The van der Waals surface area contributed by atoms with Crippen LogP contribution in [0.2, 0.25) is 10.0 Å². The lowest BCUT2D eigenvalue weighted by Gasteiger charge is -2.38. The van der Waals surface area contributed by atoms with Crippen molar-refractivity contribution in [2.75, 3.05) is 31.9 Å². The van der Waals surface area contributed by atoms with E-state index in [4.69, 9.17) is 23.2 Å². The molecule has 0 radical (unpaired) electrons. The van der Waals surface area contributed by atoms with Gasteiger partial charge in [0.1, 0.15) is 6.04 Å². The topological polar surface area (TPSA) is 104 Å². The molecule has 1 aliphatic rings. The van der Waals surface area contributed by atoms with Crippen molar-refractivity contribution in [1.82, 2.24) is 13.9 Å². The van der Waals surface area contributed by atoms with Gasteiger partial charge in [-0.1, -0.05) is 65.7 Å². The number of nitrogens with one attached hydrogen (secondary N) is 1. The lowest BCUT2D eigenvalue weighted by atomic mass is 10.2. The highest BCUT2D eigenvalue weighted by Gasteiger charge is 2.43. The minimum Gasteiger partial charge on any atom is -0.354 e. The third-order valence-corrected chi connectivity index (χ3v) is 11.7. The summed E-state index contributed by atoms with van der Waals surface area (Å²) in [6, 6.07) is 19.8. The number of sulfonamides is 2. The van der Waals surface area contributed by atoms with E-state index >= 15 is 0 Å². The molecule has 4 rings (SSSR count). The van der Waals surface area contributed by atoms with Gasteiger partial charge in [-0.25, -0.2) is 16.8 Å². The van der Waals surface area contributed by atoms with Crippen molar-refractivity contribution in [3.8, 4) is 0 Å². The molecule has 3 aromatic rings. The van der Waals surface area contributed by atoms with E-state index in [1.54, 1.807) is 60.3 Å². The van der Waals surface area contributed by atoms with E-state index in [-0.39, 0.29) is 36.0 Å². The fourth-order valence-corrected chi connectivity index (χ4v) is 8.29. The van der Waals surface area contributed by atoms with Gasteiger partial charge >= 0.3 is 0 Å². The number of rotatable bonds is 10. The number of nitrogens with zero attached hydrogens (tertiary/aromatic N) is 2. The largest absolute Gasteiger partial charge is 0.354 e. The Labute approximate surface area is 243 Å². The second-order valence-corrected chi connectivity index (χ2v) is 14.5. The van der Waals surface area contributed by atoms with E-state index in [0.29, 0.717) is 21.6 Å². The number of carbonyl (C=O) groups is 1. The molecule has 0 unspecified atom stereocenters. The summed E-state index contributed by atoms with van der Waals surface area (Å²) >= 11 is 13.6. The molecule has 1 fully saturated rings. The maximum atomic E-state index is 13.5. The van der Waals surface area contributed by atoms with Crippen LogP contribution < -0.4 is 5.32 Å². The molecule has 3 aromatic carbocycles. The molecule has 0 aliphatic carbocycles. The summed E-state index contributed by atoms with van der Waals surface area (Å²) in [5.74, 6) is 0.641. The number of thioether (sulfide) groups is 1. The zero-order valence-electron chi connectivity index (χ0n) is 20.7. The summed E-state index contributed by atoms with van der Waals surface area (Å²) in [4.78, 5) is 13.5. The quantitative estimate of drug-likeness (QED) is 0.339. The SMILES string of the molecule is O=C(NCCSCc1ccc(Cl)c(Cl)c1)[C@@H]1CN(S(=O)(=O)c2ccccc2)CCN1S(=O)(=O)c1ccccc1. The number of hydrogen-bond acceptors (Lipinski definition) is 6. The van der Waals surface area contributed by atoms with Crippen molar-refractivity contribution in [3.05, 3.63) is 94.5 Å². The molecule has 39 heavy (non-hydrogen) atoms. The first-order valence-corrected chi connectivity index (χ1v) is 16.8. The van der Waals surface area contributed by atoms with E-state index < -0.39 is 32.0 Å². The van der Waals surface area contributed by atoms with Gasteiger partial charge in [-0.15, -0.1) is 0 Å². The van der Waals surface area contributed by atoms with Crippen LogP contribution in [0.1, 0.15) is 5.56 Å². The molecule has 1 saturated heterocycles. The molecule has 1 aliphatic heterocycles. The van der Waals surface area contributed by atoms with Crippen LogP contribution in [-0.2, 0) is 30.6 Å². The van der Waals surface area contributed by atoms with Crippen molar-refractivity contribution in [1.29, 1.82) is 0 Å². The summed E-state index contributed by atoms with van der Waals surface area (Å²) in [6.07, 6.45) is 0. The molecule has 0 spiro atoms. The van der Waals surface area contributed by atoms with E-state index in [1.165, 1.54) is 28.6 Å². The average molecular weight is 629 g/mol. The zero-order valence-corrected chi connectivity index (χ0v) is 24.7. The van der Waals surface area contributed by atoms with E-state index in [0.717, 1.165) is 9.87 Å². The van der Waals surface area contributed by atoms with Crippen LogP contribution in [0.5, 0.6) is 0 Å². The normalized spacial score (nSPS) is 17.1. The molecule has 1 atom stereocenters. The van der Waals surface area contributed by atoms with Crippen LogP contribution in [0.25, 0.3) is 0 Å². The Morgan fingerprint density at radius 2 is 1.46 bits per heavy atom. The number of piperazine rings is 1. The summed E-state index contributed by atoms with van der Waals surface area (Å²) in [6.45, 7) is -0.266. The molecule has 0 bridgehead atoms. The summed E-state index contributed by atoms with van der Waals surface area (Å²) < 4.78 is 55.7. The van der Waals surface area contributed by atoms with Crippen LogP contribution in [0, 0.1) is 0 Å². The number of carbonyl (C=O) groups excluding carboxylic acids is 1. The van der Waals surface area contributed by atoms with Gasteiger partial charge in [0.25, 0.3) is 0 Å². The molecule has 1 amide bonds. The monoisotopic (exact) mass is 627 g/mol. The van der Waals surface area contributed by atoms with Crippen molar-refractivity contribution in [2.45, 2.75) is 21.6 Å². The maximum absolute atomic E-state index is 13.5. The van der Waals surface area contributed by atoms with E-state index in [9.17, 15) is 21.6 Å². The standard InChI is InChI=1S/C26H27Cl2N3O5S3/c27-23-12-11-20(17-24(23)28)19-37-16-13-29-26(32)25-18-30(38(33,34)21-7-3-1-4-8-21)14-15-31(25)39(35,36)22-9-5-2-6-10-22/h1-12,17,25H,13-16,18-19H2,(H,29,32)/t25-/m0/s1. The Hall–Kier alpha value is -2.12. The van der Waals surface area contributed by atoms with Crippen molar-refractivity contribution in [2.24, 2.45) is 0 Å². The Kier molecular flexibility index (Phi) is 9.97. The first-order valence-electron chi connectivity index (χ1n) is 12.0. The predicted octanol–water partition coefficient (Wildman–Crippen LogP) is 4.11. The third-order valence-electron chi connectivity index (χ3n) is 6.13. The van der Waals surface area contributed by atoms with Gasteiger partial charge in [0, 0.05) is 37.7 Å². The Morgan fingerprint density at radius 3 is 2.08 bits per heavy atom. The Morgan fingerprint density at radius 1 is 0.846 bits per heavy atom. The molecule has 208 valence electrons. The van der Waals surface area contributed by atoms with Gasteiger partial charge in [0.15, 0.2) is 0 Å².